The highest BCUT2D eigenvalue weighted by molar-refractivity contribution is 5.90. The van der Waals surface area contributed by atoms with E-state index in [1.807, 2.05) is 30.3 Å². The molecule has 2 N–H and O–H groups in total. The Bertz CT molecular complexity index is 675. The lowest BCUT2D eigenvalue weighted by Crippen LogP contribution is -1.93. The highest BCUT2D eigenvalue weighted by atomic mass is 14.5. The minimum Gasteiger partial charge on any atom is -0.404 e. The number of hydrogen-bond acceptors (Lipinski definition) is 2. The molecule has 2 heteroatoms. The molecule has 0 aromatic heterocycles. The second-order valence-corrected chi connectivity index (χ2v) is 4.38. The van der Waals surface area contributed by atoms with Crippen molar-refractivity contribution >= 4 is 10.8 Å². The minimum absolute atomic E-state index is 0.720. The van der Waals surface area contributed by atoms with Crippen LogP contribution in [0.25, 0.3) is 10.8 Å². The number of rotatable bonds is 4. The van der Waals surface area contributed by atoms with E-state index in [0.29, 0.717) is 0 Å². The molecule has 2 aromatic carbocycles. The highest BCUT2D eigenvalue weighted by Gasteiger charge is 2.05. The highest BCUT2D eigenvalue weighted by Crippen LogP contribution is 2.24. The van der Waals surface area contributed by atoms with E-state index in [0.717, 1.165) is 34.8 Å². The van der Waals surface area contributed by atoms with Crippen molar-refractivity contribution in [3.63, 3.8) is 0 Å². The largest absolute Gasteiger partial charge is 0.404 e. The lowest BCUT2D eigenvalue weighted by atomic mass is 9.96. The number of benzene rings is 2. The van der Waals surface area contributed by atoms with Crippen LogP contribution in [0.1, 0.15) is 17.5 Å². The minimum atomic E-state index is 0.720. The van der Waals surface area contributed by atoms with Crippen LogP contribution in [0.15, 0.2) is 60.8 Å². The summed E-state index contributed by atoms with van der Waals surface area (Å²) in [5, 5.41) is 11.3. The Hall–Kier alpha value is -2.53. The molecule has 0 saturated carbocycles. The third-order valence-corrected chi connectivity index (χ3v) is 3.29. The molecular formula is C17H16N2. The van der Waals surface area contributed by atoms with Crippen molar-refractivity contribution in [2.24, 2.45) is 5.73 Å². The van der Waals surface area contributed by atoms with E-state index in [2.05, 4.69) is 18.7 Å². The number of hydrogen-bond donors (Lipinski definition) is 1. The number of fused-ring (bicyclic) bond motifs is 1. The molecule has 0 radical (unpaired) electrons. The second kappa shape index (κ2) is 5.88. The van der Waals surface area contributed by atoms with Crippen molar-refractivity contribution in [1.82, 2.24) is 0 Å². The Morgan fingerprint density at radius 3 is 2.58 bits per heavy atom. The van der Waals surface area contributed by atoms with Crippen LogP contribution in [0, 0.1) is 11.3 Å². The molecule has 0 fully saturated rings. The van der Waals surface area contributed by atoms with Crippen LogP contribution in [0.5, 0.6) is 0 Å². The predicted molar refractivity (Wildman–Crippen MR) is 79.5 cm³/mol. The van der Waals surface area contributed by atoms with Gasteiger partial charge in [-0.2, -0.15) is 5.26 Å². The third-order valence-electron chi connectivity index (χ3n) is 3.29. The fraction of sp³-hybridized carbons (Fsp3) is 0.118. The van der Waals surface area contributed by atoms with Gasteiger partial charge in [-0.05, 0) is 47.0 Å². The molecule has 0 saturated heterocycles. The Labute approximate surface area is 113 Å². The van der Waals surface area contributed by atoms with E-state index in [-0.39, 0.29) is 0 Å². The zero-order valence-corrected chi connectivity index (χ0v) is 10.8. The van der Waals surface area contributed by atoms with Gasteiger partial charge in [0.05, 0.1) is 11.6 Å². The van der Waals surface area contributed by atoms with Crippen molar-refractivity contribution < 1.29 is 0 Å². The van der Waals surface area contributed by atoms with Gasteiger partial charge in [-0.3, -0.25) is 0 Å². The first-order chi connectivity index (χ1) is 9.30. The van der Waals surface area contributed by atoms with Gasteiger partial charge in [0.1, 0.15) is 0 Å². The van der Waals surface area contributed by atoms with Gasteiger partial charge >= 0.3 is 0 Å². The first kappa shape index (κ1) is 12.9. The zero-order valence-electron chi connectivity index (χ0n) is 10.8. The van der Waals surface area contributed by atoms with Crippen LogP contribution in [0.3, 0.4) is 0 Å². The molecule has 19 heavy (non-hydrogen) atoms. The van der Waals surface area contributed by atoms with Crippen molar-refractivity contribution in [2.75, 3.05) is 0 Å². The molecule has 0 aliphatic carbocycles. The summed E-state index contributed by atoms with van der Waals surface area (Å²) in [6, 6.07) is 14.2. The molecule has 2 rings (SSSR count). The smallest absolute Gasteiger partial charge is 0.0998 e. The number of nitrogens with two attached hydrogens (primary N) is 1. The summed E-state index contributed by atoms with van der Waals surface area (Å²) in [5.41, 5.74) is 8.52. The normalized spacial score (nSPS) is 11.2. The van der Waals surface area contributed by atoms with Crippen LogP contribution in [0.2, 0.25) is 0 Å². The second-order valence-electron chi connectivity index (χ2n) is 4.38. The molecule has 0 unspecified atom stereocenters. The Morgan fingerprint density at radius 1 is 1.21 bits per heavy atom. The van der Waals surface area contributed by atoms with E-state index < -0.39 is 0 Å². The van der Waals surface area contributed by atoms with Gasteiger partial charge in [-0.1, -0.05) is 43.0 Å². The molecule has 2 nitrogen and oxygen atoms in total. The first-order valence-corrected chi connectivity index (χ1v) is 6.24. The van der Waals surface area contributed by atoms with Crippen molar-refractivity contribution in [3.8, 4) is 6.07 Å². The molecule has 0 heterocycles. The molecular weight excluding hydrogens is 232 g/mol. The Balaban J connectivity index is 2.40. The predicted octanol–water partition coefficient (Wildman–Crippen LogP) is 3.67. The SMILES string of the molecule is C=C/C(=C/N)CCc1ccc(C#N)c2ccccc12. The maximum Gasteiger partial charge on any atom is 0.0998 e. The summed E-state index contributed by atoms with van der Waals surface area (Å²) in [4.78, 5) is 0. The molecule has 94 valence electrons. The van der Waals surface area contributed by atoms with Gasteiger partial charge in [-0.15, -0.1) is 0 Å². The van der Waals surface area contributed by atoms with E-state index in [1.54, 1.807) is 12.3 Å². The van der Waals surface area contributed by atoms with Crippen LogP contribution in [-0.2, 0) is 6.42 Å². The third kappa shape index (κ3) is 2.66. The quantitative estimate of drug-likeness (QED) is 0.839. The molecule has 0 aliphatic rings. The summed E-state index contributed by atoms with van der Waals surface area (Å²) in [7, 11) is 0. The van der Waals surface area contributed by atoms with E-state index in [9.17, 15) is 0 Å². The van der Waals surface area contributed by atoms with Crippen LogP contribution >= 0.6 is 0 Å². The monoisotopic (exact) mass is 248 g/mol. The van der Waals surface area contributed by atoms with Crippen LogP contribution in [0.4, 0.5) is 0 Å². The van der Waals surface area contributed by atoms with E-state index in [4.69, 9.17) is 11.0 Å². The fourth-order valence-corrected chi connectivity index (χ4v) is 2.21. The summed E-state index contributed by atoms with van der Waals surface area (Å²) in [6.45, 7) is 3.74. The van der Waals surface area contributed by atoms with E-state index >= 15 is 0 Å². The summed E-state index contributed by atoms with van der Waals surface area (Å²) < 4.78 is 0. The summed E-state index contributed by atoms with van der Waals surface area (Å²) in [6.07, 6.45) is 5.13. The maximum atomic E-state index is 9.13. The van der Waals surface area contributed by atoms with Crippen LogP contribution in [-0.4, -0.2) is 0 Å². The van der Waals surface area contributed by atoms with Crippen molar-refractivity contribution in [1.29, 1.82) is 5.26 Å². The zero-order chi connectivity index (χ0) is 13.7. The van der Waals surface area contributed by atoms with Crippen molar-refractivity contribution in [2.45, 2.75) is 12.8 Å². The lowest BCUT2D eigenvalue weighted by molar-refractivity contribution is 0.970. The van der Waals surface area contributed by atoms with Gasteiger partial charge in [-0.25, -0.2) is 0 Å². The number of nitrogens with zero attached hydrogens (tertiary/aromatic N) is 1. The first-order valence-electron chi connectivity index (χ1n) is 6.24. The average Bonchev–Trinajstić information content (AvgIpc) is 2.48. The van der Waals surface area contributed by atoms with Crippen LogP contribution < -0.4 is 5.73 Å². The van der Waals surface area contributed by atoms with Gasteiger partial charge in [0.15, 0.2) is 0 Å². The molecule has 0 atom stereocenters. The maximum absolute atomic E-state index is 9.13. The molecule has 2 aromatic rings. The standard InChI is InChI=1S/C17H16N2/c1-2-13(11-18)7-8-14-9-10-15(12-19)17-6-4-3-5-16(14)17/h2-6,9-11H,1,7-8,18H2/b13-11-. The molecule has 0 spiro atoms. The van der Waals surface area contributed by atoms with Gasteiger partial charge in [0.25, 0.3) is 0 Å². The average molecular weight is 248 g/mol. The van der Waals surface area contributed by atoms with Gasteiger partial charge in [0.2, 0.25) is 0 Å². The van der Waals surface area contributed by atoms with E-state index in [1.165, 1.54) is 5.56 Å². The number of allylic oxidation sites excluding steroid dienone is 2. The lowest BCUT2D eigenvalue weighted by Gasteiger charge is -2.08. The summed E-state index contributed by atoms with van der Waals surface area (Å²) >= 11 is 0. The number of aryl methyl sites for hydroxylation is 1. The van der Waals surface area contributed by atoms with Gasteiger partial charge in [0, 0.05) is 0 Å². The van der Waals surface area contributed by atoms with Gasteiger partial charge < -0.3 is 5.73 Å². The number of nitriles is 1. The van der Waals surface area contributed by atoms with Crippen molar-refractivity contribution in [3.05, 3.63) is 72.0 Å². The Morgan fingerprint density at radius 2 is 1.95 bits per heavy atom. The summed E-state index contributed by atoms with van der Waals surface area (Å²) in [5.74, 6) is 0. The fourth-order valence-electron chi connectivity index (χ4n) is 2.21. The molecule has 0 aliphatic heterocycles. The topological polar surface area (TPSA) is 49.8 Å². The Kier molecular flexibility index (Phi) is 4.00. The molecule has 0 amide bonds. The molecule has 0 bridgehead atoms.